The minimum Gasteiger partial charge on any atom is -0.326 e. The number of hydrogen-bond acceptors (Lipinski definition) is 1. The number of hydrogen-bond donors (Lipinski definition) is 1. The van der Waals surface area contributed by atoms with Gasteiger partial charge in [-0.2, -0.15) is 0 Å². The molecule has 0 aromatic heterocycles. The van der Waals surface area contributed by atoms with Gasteiger partial charge >= 0.3 is 0 Å². The van der Waals surface area contributed by atoms with E-state index in [1.54, 1.807) is 0 Å². The lowest BCUT2D eigenvalue weighted by Crippen LogP contribution is -2.33. The Bertz CT molecular complexity index is 465. The predicted octanol–water partition coefficient (Wildman–Crippen LogP) is 4.09. The molecule has 1 N–H and O–H groups in total. The van der Waals surface area contributed by atoms with Crippen molar-refractivity contribution in [3.63, 3.8) is 0 Å². The average molecular weight is 257 g/mol. The Morgan fingerprint density at radius 3 is 2.63 bits per heavy atom. The Labute approximate surface area is 115 Å². The molecular weight excluding hydrogens is 234 g/mol. The summed E-state index contributed by atoms with van der Waals surface area (Å²) in [6.07, 6.45) is 4.73. The summed E-state index contributed by atoms with van der Waals surface area (Å²) < 4.78 is 0. The van der Waals surface area contributed by atoms with Gasteiger partial charge in [-0.15, -0.1) is 0 Å². The van der Waals surface area contributed by atoms with Crippen molar-refractivity contribution in [1.29, 1.82) is 0 Å². The third-order valence-corrected chi connectivity index (χ3v) is 5.51. The molecule has 0 heterocycles. The number of nitrogens with one attached hydrogen (secondary N) is 1. The molecule has 0 radical (unpaired) electrons. The summed E-state index contributed by atoms with van der Waals surface area (Å²) in [5.74, 6) is 2.36. The number of carbonyl (C=O) groups excluding carboxylic acids is 1. The first-order chi connectivity index (χ1) is 9.07. The highest BCUT2D eigenvalue weighted by Gasteiger charge is 2.52. The van der Waals surface area contributed by atoms with E-state index in [4.69, 9.17) is 0 Å². The van der Waals surface area contributed by atoms with Gasteiger partial charge < -0.3 is 5.32 Å². The topological polar surface area (TPSA) is 29.1 Å². The SMILES string of the molecule is CC1(C)[C@@H]2CC[C@@H](C2)[C@@H]1CC(=O)Nc1ccccc1. The largest absolute Gasteiger partial charge is 0.326 e. The summed E-state index contributed by atoms with van der Waals surface area (Å²) in [4.78, 5) is 12.2. The maximum atomic E-state index is 12.2. The first-order valence-electron chi connectivity index (χ1n) is 7.42. The minimum atomic E-state index is 0.178. The molecule has 0 saturated heterocycles. The van der Waals surface area contributed by atoms with Gasteiger partial charge in [-0.1, -0.05) is 32.0 Å². The van der Waals surface area contributed by atoms with Crippen LogP contribution in [-0.4, -0.2) is 5.91 Å². The molecule has 3 atom stereocenters. The molecule has 0 aliphatic heterocycles. The van der Waals surface area contributed by atoms with Gasteiger partial charge in [0, 0.05) is 12.1 Å². The molecular formula is C17H23NO. The lowest BCUT2D eigenvalue weighted by molar-refractivity contribution is -0.118. The van der Waals surface area contributed by atoms with Crippen LogP contribution in [0, 0.1) is 23.2 Å². The van der Waals surface area contributed by atoms with Gasteiger partial charge in [0.2, 0.25) is 5.91 Å². The van der Waals surface area contributed by atoms with Gasteiger partial charge in [0.1, 0.15) is 0 Å². The van der Waals surface area contributed by atoms with E-state index < -0.39 is 0 Å². The van der Waals surface area contributed by atoms with E-state index in [-0.39, 0.29) is 5.91 Å². The summed E-state index contributed by atoms with van der Waals surface area (Å²) >= 11 is 0. The molecule has 3 rings (SSSR count). The van der Waals surface area contributed by atoms with Crippen molar-refractivity contribution in [2.24, 2.45) is 23.2 Å². The van der Waals surface area contributed by atoms with E-state index in [0.717, 1.165) is 17.5 Å². The molecule has 19 heavy (non-hydrogen) atoms. The third kappa shape index (κ3) is 2.29. The maximum Gasteiger partial charge on any atom is 0.224 e. The molecule has 2 saturated carbocycles. The molecule has 2 aliphatic rings. The monoisotopic (exact) mass is 257 g/mol. The summed E-state index contributed by atoms with van der Waals surface area (Å²) in [5, 5.41) is 3.03. The van der Waals surface area contributed by atoms with Crippen LogP contribution in [0.15, 0.2) is 30.3 Å². The highest BCUT2D eigenvalue weighted by molar-refractivity contribution is 5.90. The summed E-state index contributed by atoms with van der Waals surface area (Å²) in [6.45, 7) is 4.72. The Morgan fingerprint density at radius 2 is 2.00 bits per heavy atom. The average Bonchev–Trinajstić information content (AvgIpc) is 2.93. The van der Waals surface area contributed by atoms with Crippen molar-refractivity contribution in [2.45, 2.75) is 39.5 Å². The summed E-state index contributed by atoms with van der Waals surface area (Å²) in [5.41, 5.74) is 1.25. The highest BCUT2D eigenvalue weighted by atomic mass is 16.1. The zero-order valence-electron chi connectivity index (χ0n) is 11.9. The van der Waals surface area contributed by atoms with Crippen LogP contribution in [0.2, 0.25) is 0 Å². The fourth-order valence-corrected chi connectivity index (χ4v) is 4.33. The molecule has 1 aromatic carbocycles. The van der Waals surface area contributed by atoms with Crippen molar-refractivity contribution in [3.05, 3.63) is 30.3 Å². The number of para-hydroxylation sites is 1. The second-order valence-corrected chi connectivity index (χ2v) is 6.82. The maximum absolute atomic E-state index is 12.2. The molecule has 0 unspecified atom stereocenters. The highest BCUT2D eigenvalue weighted by Crippen LogP contribution is 2.60. The van der Waals surface area contributed by atoms with Crippen LogP contribution in [0.1, 0.15) is 39.5 Å². The van der Waals surface area contributed by atoms with E-state index in [1.165, 1.54) is 19.3 Å². The van der Waals surface area contributed by atoms with Crippen molar-refractivity contribution >= 4 is 11.6 Å². The Kier molecular flexibility index (Phi) is 3.12. The smallest absolute Gasteiger partial charge is 0.224 e. The van der Waals surface area contributed by atoms with Gasteiger partial charge in [-0.3, -0.25) is 4.79 Å². The quantitative estimate of drug-likeness (QED) is 0.868. The van der Waals surface area contributed by atoms with Crippen LogP contribution < -0.4 is 5.32 Å². The summed E-state index contributed by atoms with van der Waals surface area (Å²) in [6, 6.07) is 9.77. The number of carbonyl (C=O) groups is 1. The molecule has 2 fully saturated rings. The zero-order chi connectivity index (χ0) is 13.5. The van der Waals surface area contributed by atoms with Crippen molar-refractivity contribution in [1.82, 2.24) is 0 Å². The lowest BCUT2D eigenvalue weighted by Gasteiger charge is -2.38. The fourth-order valence-electron chi connectivity index (χ4n) is 4.33. The Hall–Kier alpha value is -1.31. The van der Waals surface area contributed by atoms with Crippen LogP contribution in [-0.2, 0) is 4.79 Å². The van der Waals surface area contributed by atoms with Gasteiger partial charge in [-0.25, -0.2) is 0 Å². The van der Waals surface area contributed by atoms with E-state index in [2.05, 4.69) is 19.2 Å². The van der Waals surface area contributed by atoms with Gasteiger partial charge in [0.25, 0.3) is 0 Å². The first kappa shape index (κ1) is 12.7. The van der Waals surface area contributed by atoms with Crippen molar-refractivity contribution in [2.75, 3.05) is 5.32 Å². The normalized spacial score (nSPS) is 31.4. The van der Waals surface area contributed by atoms with Crippen LogP contribution >= 0.6 is 0 Å². The fraction of sp³-hybridized carbons (Fsp3) is 0.588. The molecule has 2 bridgehead atoms. The van der Waals surface area contributed by atoms with Gasteiger partial charge in [-0.05, 0) is 54.6 Å². The minimum absolute atomic E-state index is 0.178. The number of benzene rings is 1. The molecule has 2 heteroatoms. The standard InChI is InChI=1S/C17H23NO/c1-17(2)13-9-8-12(10-13)15(17)11-16(19)18-14-6-4-3-5-7-14/h3-7,12-13,15H,8-11H2,1-2H3,(H,18,19)/t12-,13+,15-/m0/s1. The van der Waals surface area contributed by atoms with E-state index in [9.17, 15) is 4.79 Å². The second kappa shape index (κ2) is 4.66. The Balaban J connectivity index is 1.64. The lowest BCUT2D eigenvalue weighted by atomic mass is 9.67. The second-order valence-electron chi connectivity index (χ2n) is 6.82. The molecule has 2 aliphatic carbocycles. The first-order valence-corrected chi connectivity index (χ1v) is 7.42. The molecule has 1 amide bonds. The van der Waals surface area contributed by atoms with E-state index in [0.29, 0.717) is 17.8 Å². The Morgan fingerprint density at radius 1 is 1.26 bits per heavy atom. The number of rotatable bonds is 3. The van der Waals surface area contributed by atoms with E-state index in [1.807, 2.05) is 30.3 Å². The molecule has 0 spiro atoms. The van der Waals surface area contributed by atoms with Crippen molar-refractivity contribution < 1.29 is 4.79 Å². The number of anilines is 1. The third-order valence-electron chi connectivity index (χ3n) is 5.51. The summed E-state index contributed by atoms with van der Waals surface area (Å²) in [7, 11) is 0. The van der Waals surface area contributed by atoms with Crippen LogP contribution in [0.5, 0.6) is 0 Å². The molecule has 1 aromatic rings. The number of amides is 1. The molecule has 102 valence electrons. The van der Waals surface area contributed by atoms with Crippen LogP contribution in [0.4, 0.5) is 5.69 Å². The van der Waals surface area contributed by atoms with Crippen molar-refractivity contribution in [3.8, 4) is 0 Å². The van der Waals surface area contributed by atoms with Gasteiger partial charge in [0.15, 0.2) is 0 Å². The number of fused-ring (bicyclic) bond motifs is 2. The molecule has 2 nitrogen and oxygen atoms in total. The van der Waals surface area contributed by atoms with E-state index >= 15 is 0 Å². The van der Waals surface area contributed by atoms with Gasteiger partial charge in [0.05, 0.1) is 0 Å². The predicted molar refractivity (Wildman–Crippen MR) is 77.8 cm³/mol. The zero-order valence-corrected chi connectivity index (χ0v) is 11.9. The van der Waals surface area contributed by atoms with Crippen LogP contribution in [0.3, 0.4) is 0 Å². The van der Waals surface area contributed by atoms with Crippen LogP contribution in [0.25, 0.3) is 0 Å².